The number of aryl methyl sites for hydroxylation is 2. The molecule has 2 aromatic heterocycles. The number of aromatic nitrogens is 2. The molecule has 2 fully saturated rings. The highest BCUT2D eigenvalue weighted by Gasteiger charge is 2.25. The molecular weight excluding hydrogens is 538 g/mol. The molecule has 1 amide bonds. The number of carbonyl (C=O) groups is 1. The third-order valence-corrected chi connectivity index (χ3v) is 9.22. The minimum absolute atomic E-state index is 0.140. The van der Waals surface area contributed by atoms with Crippen LogP contribution in [0.1, 0.15) is 51.3 Å². The SMILES string of the molecule is Cc1cc(C)c(CNC(=O)c2c(C)n(CC3CCN(c4cccc(CN5CCOCC5)c4)CC3)c3ccccc23)c(=O)[nH]1. The van der Waals surface area contributed by atoms with Crippen LogP contribution in [0.2, 0.25) is 0 Å². The van der Waals surface area contributed by atoms with Gasteiger partial charge in [-0.15, -0.1) is 0 Å². The Morgan fingerprint density at radius 3 is 2.51 bits per heavy atom. The first-order valence-corrected chi connectivity index (χ1v) is 15.6. The van der Waals surface area contributed by atoms with E-state index < -0.39 is 0 Å². The monoisotopic (exact) mass is 581 g/mol. The van der Waals surface area contributed by atoms with Crippen LogP contribution >= 0.6 is 0 Å². The van der Waals surface area contributed by atoms with E-state index in [9.17, 15) is 9.59 Å². The number of ether oxygens (including phenoxy) is 1. The molecule has 0 atom stereocenters. The predicted molar refractivity (Wildman–Crippen MR) is 172 cm³/mol. The summed E-state index contributed by atoms with van der Waals surface area (Å²) in [6, 6.07) is 19.1. The summed E-state index contributed by atoms with van der Waals surface area (Å²) >= 11 is 0. The van der Waals surface area contributed by atoms with Crippen LogP contribution in [0.3, 0.4) is 0 Å². The lowest BCUT2D eigenvalue weighted by Crippen LogP contribution is -2.36. The van der Waals surface area contributed by atoms with Gasteiger partial charge in [-0.05, 0) is 74.9 Å². The number of pyridine rings is 1. The van der Waals surface area contributed by atoms with Gasteiger partial charge in [-0.2, -0.15) is 0 Å². The highest BCUT2D eigenvalue weighted by molar-refractivity contribution is 6.08. The number of rotatable bonds is 8. The Morgan fingerprint density at radius 1 is 0.977 bits per heavy atom. The van der Waals surface area contributed by atoms with Crippen LogP contribution < -0.4 is 15.8 Å². The number of nitrogens with zero attached hydrogens (tertiary/aromatic N) is 3. The number of carbonyl (C=O) groups excluding carboxylic acids is 1. The average Bonchev–Trinajstić information content (AvgIpc) is 3.28. The van der Waals surface area contributed by atoms with Gasteiger partial charge < -0.3 is 24.5 Å². The third kappa shape index (κ3) is 6.40. The van der Waals surface area contributed by atoms with E-state index >= 15 is 0 Å². The van der Waals surface area contributed by atoms with E-state index in [1.165, 1.54) is 11.3 Å². The van der Waals surface area contributed by atoms with Gasteiger partial charge in [0.25, 0.3) is 11.5 Å². The van der Waals surface area contributed by atoms with Crippen molar-refractivity contribution in [2.75, 3.05) is 44.3 Å². The van der Waals surface area contributed by atoms with E-state index in [2.05, 4.69) is 55.0 Å². The smallest absolute Gasteiger partial charge is 0.254 e. The van der Waals surface area contributed by atoms with Crippen molar-refractivity contribution in [1.82, 2.24) is 19.8 Å². The van der Waals surface area contributed by atoms with Gasteiger partial charge in [-0.1, -0.05) is 30.3 Å². The summed E-state index contributed by atoms with van der Waals surface area (Å²) in [5.74, 6) is 0.394. The van der Waals surface area contributed by atoms with Crippen LogP contribution in [0.4, 0.5) is 5.69 Å². The summed E-state index contributed by atoms with van der Waals surface area (Å²) in [6.07, 6.45) is 2.22. The lowest BCUT2D eigenvalue weighted by Gasteiger charge is -2.34. The van der Waals surface area contributed by atoms with Gasteiger partial charge in [0.1, 0.15) is 0 Å². The molecule has 0 aliphatic carbocycles. The molecule has 2 N–H and O–H groups in total. The first-order valence-electron chi connectivity index (χ1n) is 15.6. The van der Waals surface area contributed by atoms with Crippen LogP contribution in [-0.4, -0.2) is 59.8 Å². The zero-order valence-electron chi connectivity index (χ0n) is 25.6. The molecule has 4 aromatic rings. The molecule has 8 nitrogen and oxygen atoms in total. The van der Waals surface area contributed by atoms with E-state index in [0.29, 0.717) is 17.0 Å². The molecule has 0 unspecified atom stereocenters. The van der Waals surface area contributed by atoms with E-state index in [-0.39, 0.29) is 18.0 Å². The number of nitrogens with one attached hydrogen (secondary N) is 2. The fraction of sp³-hybridized carbons (Fsp3) is 0.429. The molecule has 0 radical (unpaired) electrons. The Morgan fingerprint density at radius 2 is 1.74 bits per heavy atom. The highest BCUT2D eigenvalue weighted by atomic mass is 16.5. The number of hydrogen-bond donors (Lipinski definition) is 2. The molecule has 43 heavy (non-hydrogen) atoms. The van der Waals surface area contributed by atoms with Crippen molar-refractivity contribution in [3.63, 3.8) is 0 Å². The molecule has 4 heterocycles. The third-order valence-electron chi connectivity index (χ3n) is 9.22. The maximum Gasteiger partial charge on any atom is 0.254 e. The largest absolute Gasteiger partial charge is 0.379 e. The standard InChI is InChI=1S/C35H43N5O3/c1-24-19-25(2)37-34(41)31(24)21-36-35(42)33-26(3)40(32-10-5-4-9-30(32)33)23-27-11-13-39(14-12-27)29-8-6-7-28(20-29)22-38-15-17-43-18-16-38/h4-10,19-20,27H,11-18,21-23H2,1-3H3,(H,36,42)(H,37,41). The fourth-order valence-electron chi connectivity index (χ4n) is 6.81. The minimum atomic E-state index is -0.146. The van der Waals surface area contributed by atoms with Crippen molar-refractivity contribution in [1.29, 1.82) is 0 Å². The van der Waals surface area contributed by atoms with Crippen LogP contribution in [-0.2, 0) is 24.4 Å². The molecule has 0 spiro atoms. The molecule has 226 valence electrons. The number of benzene rings is 2. The molecule has 2 aromatic carbocycles. The number of amides is 1. The minimum Gasteiger partial charge on any atom is -0.379 e. The van der Waals surface area contributed by atoms with Crippen molar-refractivity contribution in [2.24, 2.45) is 5.92 Å². The maximum absolute atomic E-state index is 13.5. The predicted octanol–water partition coefficient (Wildman–Crippen LogP) is 4.93. The zero-order valence-corrected chi connectivity index (χ0v) is 25.6. The quantitative estimate of drug-likeness (QED) is 0.308. The fourth-order valence-corrected chi connectivity index (χ4v) is 6.81. The van der Waals surface area contributed by atoms with Crippen molar-refractivity contribution in [3.8, 4) is 0 Å². The number of morpholine rings is 1. The number of fused-ring (bicyclic) bond motifs is 1. The van der Waals surface area contributed by atoms with E-state index in [0.717, 1.165) is 93.2 Å². The number of para-hydroxylation sites is 1. The number of piperidine rings is 1. The molecule has 2 saturated heterocycles. The Labute approximate surface area is 253 Å². The molecule has 2 aliphatic heterocycles. The lowest BCUT2D eigenvalue weighted by molar-refractivity contribution is 0.0342. The van der Waals surface area contributed by atoms with Gasteiger partial charge in [0.2, 0.25) is 0 Å². The zero-order chi connectivity index (χ0) is 29.9. The maximum atomic E-state index is 13.5. The second-order valence-electron chi connectivity index (χ2n) is 12.2. The number of anilines is 1. The van der Waals surface area contributed by atoms with E-state index in [1.807, 2.05) is 45.0 Å². The molecule has 0 saturated carbocycles. The number of hydrogen-bond acceptors (Lipinski definition) is 5. The van der Waals surface area contributed by atoms with E-state index in [1.54, 1.807) is 0 Å². The summed E-state index contributed by atoms with van der Waals surface area (Å²) < 4.78 is 7.84. The Kier molecular flexibility index (Phi) is 8.68. The number of aromatic amines is 1. The summed E-state index contributed by atoms with van der Waals surface area (Å²) in [6.45, 7) is 13.6. The Hall–Kier alpha value is -3.88. The summed E-state index contributed by atoms with van der Waals surface area (Å²) in [5, 5.41) is 3.99. The van der Waals surface area contributed by atoms with Gasteiger partial charge >= 0.3 is 0 Å². The molecular formula is C35H43N5O3. The Balaban J connectivity index is 1.13. The van der Waals surface area contributed by atoms with Gasteiger partial charge in [-0.3, -0.25) is 14.5 Å². The summed E-state index contributed by atoms with van der Waals surface area (Å²) in [4.78, 5) is 33.9. The first kappa shape index (κ1) is 29.2. The molecule has 0 bridgehead atoms. The molecule has 8 heteroatoms. The molecule has 2 aliphatic rings. The normalized spacial score (nSPS) is 16.6. The average molecular weight is 582 g/mol. The van der Waals surface area contributed by atoms with Crippen LogP contribution in [0, 0.1) is 26.7 Å². The highest BCUT2D eigenvalue weighted by Crippen LogP contribution is 2.30. The first-order chi connectivity index (χ1) is 20.9. The second-order valence-corrected chi connectivity index (χ2v) is 12.2. The lowest BCUT2D eigenvalue weighted by atomic mass is 9.96. The van der Waals surface area contributed by atoms with Gasteiger partial charge in [0, 0.05) is 79.4 Å². The van der Waals surface area contributed by atoms with Gasteiger partial charge in [0.05, 0.1) is 18.8 Å². The van der Waals surface area contributed by atoms with Crippen molar-refractivity contribution in [3.05, 3.63) is 98.6 Å². The Bertz CT molecular complexity index is 1660. The van der Waals surface area contributed by atoms with Crippen molar-refractivity contribution in [2.45, 2.75) is 53.2 Å². The van der Waals surface area contributed by atoms with Gasteiger partial charge in [0.15, 0.2) is 0 Å². The van der Waals surface area contributed by atoms with Crippen molar-refractivity contribution >= 4 is 22.5 Å². The molecule has 6 rings (SSSR count). The van der Waals surface area contributed by atoms with Crippen LogP contribution in [0.15, 0.2) is 59.4 Å². The summed E-state index contributed by atoms with van der Waals surface area (Å²) in [7, 11) is 0. The summed E-state index contributed by atoms with van der Waals surface area (Å²) in [5.41, 5.74) is 7.60. The van der Waals surface area contributed by atoms with Crippen LogP contribution in [0.5, 0.6) is 0 Å². The van der Waals surface area contributed by atoms with Crippen molar-refractivity contribution < 1.29 is 9.53 Å². The van der Waals surface area contributed by atoms with E-state index in [4.69, 9.17) is 4.74 Å². The van der Waals surface area contributed by atoms with Gasteiger partial charge in [-0.25, -0.2) is 0 Å². The second kappa shape index (κ2) is 12.8. The topological polar surface area (TPSA) is 82.6 Å². The van der Waals surface area contributed by atoms with Crippen LogP contribution in [0.25, 0.3) is 10.9 Å². The number of H-pyrrole nitrogens is 1.